The number of carbonyl (C=O) groups is 2. The van der Waals surface area contributed by atoms with Gasteiger partial charge in [0.1, 0.15) is 0 Å². The monoisotopic (exact) mass is 353 g/mol. The SMILES string of the molecule is CC(C)c1cc(NC(=O)CNC(=O)c2cc(-c3ccccc3)on2)n[nH]1. The zero-order valence-electron chi connectivity index (χ0n) is 14.4. The summed E-state index contributed by atoms with van der Waals surface area (Å²) in [5.41, 5.74) is 1.84. The van der Waals surface area contributed by atoms with Gasteiger partial charge >= 0.3 is 0 Å². The number of aromatic nitrogens is 3. The van der Waals surface area contributed by atoms with Crippen molar-refractivity contribution < 1.29 is 14.1 Å². The van der Waals surface area contributed by atoms with Crippen molar-refractivity contribution >= 4 is 17.6 Å². The largest absolute Gasteiger partial charge is 0.355 e. The number of anilines is 1. The highest BCUT2D eigenvalue weighted by Crippen LogP contribution is 2.19. The third-order valence-electron chi connectivity index (χ3n) is 3.70. The molecule has 0 spiro atoms. The standard InChI is InChI=1S/C18H19N5O3/c1-11(2)13-9-16(22-21-13)20-17(24)10-19-18(25)14-8-15(26-23-14)12-6-4-3-5-7-12/h3-9,11H,10H2,1-2H3,(H,19,25)(H2,20,21,22,24). The van der Waals surface area contributed by atoms with E-state index in [2.05, 4.69) is 26.0 Å². The molecule has 26 heavy (non-hydrogen) atoms. The molecule has 3 aromatic rings. The molecule has 0 aliphatic rings. The summed E-state index contributed by atoms with van der Waals surface area (Å²) in [6, 6.07) is 12.6. The smallest absolute Gasteiger partial charge is 0.273 e. The minimum absolute atomic E-state index is 0.110. The van der Waals surface area contributed by atoms with Crippen LogP contribution in [0, 0.1) is 0 Å². The molecule has 0 saturated heterocycles. The second-order valence-electron chi connectivity index (χ2n) is 6.04. The second kappa shape index (κ2) is 7.64. The minimum atomic E-state index is -0.490. The zero-order valence-corrected chi connectivity index (χ0v) is 14.4. The van der Waals surface area contributed by atoms with Gasteiger partial charge in [-0.15, -0.1) is 0 Å². The number of nitrogens with one attached hydrogen (secondary N) is 3. The molecule has 0 unspecified atom stereocenters. The fraction of sp³-hybridized carbons (Fsp3) is 0.222. The Kier molecular flexibility index (Phi) is 5.12. The van der Waals surface area contributed by atoms with Crippen LogP contribution in [0.3, 0.4) is 0 Å². The van der Waals surface area contributed by atoms with Crippen LogP contribution in [-0.2, 0) is 4.79 Å². The Morgan fingerprint density at radius 3 is 2.65 bits per heavy atom. The van der Waals surface area contributed by atoms with Gasteiger partial charge in [0.15, 0.2) is 17.3 Å². The lowest BCUT2D eigenvalue weighted by molar-refractivity contribution is -0.115. The van der Waals surface area contributed by atoms with Crippen LogP contribution in [0.5, 0.6) is 0 Å². The van der Waals surface area contributed by atoms with E-state index in [1.807, 2.05) is 44.2 Å². The Balaban J connectivity index is 1.53. The lowest BCUT2D eigenvalue weighted by Crippen LogP contribution is -2.33. The summed E-state index contributed by atoms with van der Waals surface area (Å²) in [6.45, 7) is 3.83. The molecule has 134 valence electrons. The summed E-state index contributed by atoms with van der Waals surface area (Å²) < 4.78 is 5.17. The number of carbonyl (C=O) groups excluding carboxylic acids is 2. The number of amides is 2. The van der Waals surface area contributed by atoms with Crippen LogP contribution in [0.25, 0.3) is 11.3 Å². The van der Waals surface area contributed by atoms with Crippen LogP contribution in [0.1, 0.15) is 35.9 Å². The maximum atomic E-state index is 12.1. The predicted molar refractivity (Wildman–Crippen MR) is 95.6 cm³/mol. The van der Waals surface area contributed by atoms with E-state index < -0.39 is 5.91 Å². The van der Waals surface area contributed by atoms with Crippen LogP contribution in [0.4, 0.5) is 5.82 Å². The third kappa shape index (κ3) is 4.15. The maximum absolute atomic E-state index is 12.1. The van der Waals surface area contributed by atoms with Gasteiger partial charge in [0.25, 0.3) is 5.91 Å². The molecule has 0 saturated carbocycles. The van der Waals surface area contributed by atoms with E-state index >= 15 is 0 Å². The number of rotatable bonds is 6. The summed E-state index contributed by atoms with van der Waals surface area (Å²) in [7, 11) is 0. The van der Waals surface area contributed by atoms with Gasteiger partial charge in [0.2, 0.25) is 5.91 Å². The molecule has 1 aromatic carbocycles. The van der Waals surface area contributed by atoms with Gasteiger partial charge < -0.3 is 15.2 Å². The Hall–Kier alpha value is -3.42. The summed E-state index contributed by atoms with van der Waals surface area (Å²) >= 11 is 0. The second-order valence-corrected chi connectivity index (χ2v) is 6.04. The lowest BCUT2D eigenvalue weighted by atomic mass is 10.1. The molecule has 0 fully saturated rings. The summed E-state index contributed by atoms with van der Waals surface area (Å²) in [5.74, 6) is 0.306. The molecule has 0 atom stereocenters. The highest BCUT2D eigenvalue weighted by Gasteiger charge is 2.15. The summed E-state index contributed by atoms with van der Waals surface area (Å²) in [6.07, 6.45) is 0. The molecule has 3 rings (SSSR count). The number of aromatic amines is 1. The Morgan fingerprint density at radius 2 is 1.96 bits per heavy atom. The van der Waals surface area contributed by atoms with Crippen LogP contribution < -0.4 is 10.6 Å². The molecule has 0 bridgehead atoms. The first-order valence-corrected chi connectivity index (χ1v) is 8.18. The first-order chi connectivity index (χ1) is 12.5. The Bertz CT molecular complexity index is 898. The number of nitrogens with zero attached hydrogens (tertiary/aromatic N) is 2. The van der Waals surface area contributed by atoms with Gasteiger partial charge in [-0.1, -0.05) is 49.3 Å². The Morgan fingerprint density at radius 1 is 1.19 bits per heavy atom. The topological polar surface area (TPSA) is 113 Å². The molecular weight excluding hydrogens is 334 g/mol. The molecular formula is C18H19N5O3. The van der Waals surface area contributed by atoms with E-state index in [9.17, 15) is 9.59 Å². The quantitative estimate of drug-likeness (QED) is 0.630. The van der Waals surface area contributed by atoms with Gasteiger partial charge in [0.05, 0.1) is 6.54 Å². The summed E-state index contributed by atoms with van der Waals surface area (Å²) in [4.78, 5) is 24.0. The van der Waals surface area contributed by atoms with E-state index in [4.69, 9.17) is 4.52 Å². The highest BCUT2D eigenvalue weighted by atomic mass is 16.5. The summed E-state index contributed by atoms with van der Waals surface area (Å²) in [5, 5.41) is 15.7. The van der Waals surface area contributed by atoms with Crippen molar-refractivity contribution in [2.24, 2.45) is 0 Å². The molecule has 8 nitrogen and oxygen atoms in total. The number of benzene rings is 1. The van der Waals surface area contributed by atoms with Gasteiger partial charge in [-0.3, -0.25) is 14.7 Å². The first kappa shape index (κ1) is 17.4. The zero-order chi connectivity index (χ0) is 18.5. The van der Waals surface area contributed by atoms with Gasteiger partial charge in [-0.2, -0.15) is 5.10 Å². The molecule has 0 aliphatic heterocycles. The van der Waals surface area contributed by atoms with Gasteiger partial charge in [-0.25, -0.2) is 0 Å². The minimum Gasteiger partial charge on any atom is -0.355 e. The van der Waals surface area contributed by atoms with Gasteiger partial charge in [0, 0.05) is 23.4 Å². The molecule has 2 heterocycles. The number of hydrogen-bond donors (Lipinski definition) is 3. The first-order valence-electron chi connectivity index (χ1n) is 8.18. The van der Waals surface area contributed by atoms with Gasteiger partial charge in [-0.05, 0) is 5.92 Å². The normalized spacial score (nSPS) is 10.7. The van der Waals surface area contributed by atoms with Crippen molar-refractivity contribution in [2.45, 2.75) is 19.8 Å². The number of H-pyrrole nitrogens is 1. The highest BCUT2D eigenvalue weighted by molar-refractivity contribution is 5.98. The van der Waals surface area contributed by atoms with Crippen LogP contribution in [0.15, 0.2) is 47.0 Å². The Labute approximate surface area is 150 Å². The molecule has 3 N–H and O–H groups in total. The van der Waals surface area contributed by atoms with Crippen LogP contribution in [-0.4, -0.2) is 33.7 Å². The van der Waals surface area contributed by atoms with E-state index in [1.165, 1.54) is 6.07 Å². The third-order valence-corrected chi connectivity index (χ3v) is 3.70. The fourth-order valence-electron chi connectivity index (χ4n) is 2.26. The lowest BCUT2D eigenvalue weighted by Gasteiger charge is -2.03. The van der Waals surface area contributed by atoms with Crippen molar-refractivity contribution in [2.75, 3.05) is 11.9 Å². The van der Waals surface area contributed by atoms with Crippen molar-refractivity contribution in [3.05, 3.63) is 53.9 Å². The predicted octanol–water partition coefficient (Wildman–Crippen LogP) is 2.56. The molecule has 2 amide bonds. The van der Waals surface area contributed by atoms with Crippen molar-refractivity contribution in [3.63, 3.8) is 0 Å². The molecule has 0 aliphatic carbocycles. The van der Waals surface area contributed by atoms with E-state index in [1.54, 1.807) is 6.07 Å². The van der Waals surface area contributed by atoms with E-state index in [0.717, 1.165) is 11.3 Å². The van der Waals surface area contributed by atoms with E-state index in [-0.39, 0.29) is 24.1 Å². The number of hydrogen-bond acceptors (Lipinski definition) is 5. The van der Waals surface area contributed by atoms with Crippen LogP contribution in [0.2, 0.25) is 0 Å². The maximum Gasteiger partial charge on any atom is 0.273 e. The van der Waals surface area contributed by atoms with Crippen LogP contribution >= 0.6 is 0 Å². The van der Waals surface area contributed by atoms with E-state index in [0.29, 0.717) is 11.6 Å². The average molecular weight is 353 g/mol. The molecule has 0 radical (unpaired) electrons. The average Bonchev–Trinajstić information content (AvgIpc) is 3.30. The van der Waals surface area contributed by atoms with Crippen molar-refractivity contribution in [1.29, 1.82) is 0 Å². The molecule has 8 heteroatoms. The fourth-order valence-corrected chi connectivity index (χ4v) is 2.26. The molecule has 2 aromatic heterocycles. The van der Waals surface area contributed by atoms with Crippen molar-refractivity contribution in [3.8, 4) is 11.3 Å². The van der Waals surface area contributed by atoms with Crippen molar-refractivity contribution in [1.82, 2.24) is 20.7 Å².